The molecule has 0 fully saturated rings. The zero-order chi connectivity index (χ0) is 8.27. The van der Waals surface area contributed by atoms with Crippen molar-refractivity contribution < 1.29 is 0 Å². The lowest BCUT2D eigenvalue weighted by Crippen LogP contribution is -2.06. The van der Waals surface area contributed by atoms with Crippen LogP contribution < -0.4 is 5.32 Å². The van der Waals surface area contributed by atoms with Gasteiger partial charge in [-0.3, -0.25) is 0 Å². The quantitative estimate of drug-likeness (QED) is 0.761. The van der Waals surface area contributed by atoms with Crippen molar-refractivity contribution in [2.24, 2.45) is 0 Å². The molecule has 1 heterocycles. The molecule has 0 aliphatic carbocycles. The van der Waals surface area contributed by atoms with E-state index in [1.165, 1.54) is 11.1 Å². The van der Waals surface area contributed by atoms with Crippen LogP contribution in [0.1, 0.15) is 11.1 Å². The minimum absolute atomic E-state index is 0.881. The third-order valence-electron chi connectivity index (χ3n) is 1.55. The van der Waals surface area contributed by atoms with E-state index >= 15 is 0 Å². The molecule has 0 spiro atoms. The van der Waals surface area contributed by atoms with Crippen molar-refractivity contribution in [3.05, 3.63) is 28.0 Å². The van der Waals surface area contributed by atoms with Gasteiger partial charge < -0.3 is 5.32 Å². The summed E-state index contributed by atoms with van der Waals surface area (Å²) in [6.45, 7) is 2.96. The molecular weight excluding hydrogens is 204 g/mol. The highest BCUT2D eigenvalue weighted by atomic mass is 79.9. The first-order valence-electron chi connectivity index (χ1n) is 3.49. The number of nitrogens with one attached hydrogen (secondary N) is 1. The van der Waals surface area contributed by atoms with Crippen LogP contribution >= 0.6 is 15.9 Å². The topological polar surface area (TPSA) is 24.9 Å². The first kappa shape index (κ1) is 8.68. The largest absolute Gasteiger partial charge is 0.316 e. The van der Waals surface area contributed by atoms with E-state index in [4.69, 9.17) is 0 Å². The van der Waals surface area contributed by atoms with E-state index in [0.29, 0.717) is 0 Å². The molecule has 0 bridgehead atoms. The molecule has 0 aliphatic rings. The van der Waals surface area contributed by atoms with Gasteiger partial charge in [-0.25, -0.2) is 4.98 Å². The molecule has 0 radical (unpaired) electrons. The monoisotopic (exact) mass is 214 g/mol. The number of rotatable bonds is 2. The van der Waals surface area contributed by atoms with Crippen LogP contribution in [-0.2, 0) is 6.54 Å². The standard InChI is InChI=1S/C8H11BrN2/c1-6-3-8(9)11-5-7(6)4-10-2/h3,5,10H,4H2,1-2H3. The molecule has 1 aromatic rings. The molecule has 1 aromatic heterocycles. The summed E-state index contributed by atoms with van der Waals surface area (Å²) in [5, 5.41) is 3.09. The molecule has 0 aliphatic heterocycles. The number of halogens is 1. The van der Waals surface area contributed by atoms with Crippen LogP contribution in [-0.4, -0.2) is 12.0 Å². The molecule has 0 unspecified atom stereocenters. The summed E-state index contributed by atoms with van der Waals surface area (Å²) in [5.41, 5.74) is 2.51. The lowest BCUT2D eigenvalue weighted by molar-refractivity contribution is 0.806. The normalized spacial score (nSPS) is 10.1. The van der Waals surface area contributed by atoms with Crippen molar-refractivity contribution in [2.75, 3.05) is 7.05 Å². The predicted octanol–water partition coefficient (Wildman–Crippen LogP) is 1.87. The van der Waals surface area contributed by atoms with Gasteiger partial charge in [-0.15, -0.1) is 0 Å². The molecule has 3 heteroatoms. The molecule has 2 nitrogen and oxygen atoms in total. The Balaban J connectivity index is 2.90. The third kappa shape index (κ3) is 2.27. The minimum Gasteiger partial charge on any atom is -0.316 e. The molecule has 0 amide bonds. The summed E-state index contributed by atoms with van der Waals surface area (Å²) in [6.07, 6.45) is 1.88. The molecule has 60 valence electrons. The van der Waals surface area contributed by atoms with E-state index in [0.717, 1.165) is 11.1 Å². The van der Waals surface area contributed by atoms with Gasteiger partial charge in [0.25, 0.3) is 0 Å². The summed E-state index contributed by atoms with van der Waals surface area (Å²) in [7, 11) is 1.93. The number of hydrogen-bond acceptors (Lipinski definition) is 2. The van der Waals surface area contributed by atoms with Crippen molar-refractivity contribution in [3.8, 4) is 0 Å². The fourth-order valence-electron chi connectivity index (χ4n) is 0.926. The van der Waals surface area contributed by atoms with E-state index in [-0.39, 0.29) is 0 Å². The predicted molar refractivity (Wildman–Crippen MR) is 49.4 cm³/mol. The maximum atomic E-state index is 4.14. The number of aryl methyl sites for hydroxylation is 1. The molecular formula is C8H11BrN2. The van der Waals surface area contributed by atoms with Crippen molar-refractivity contribution in [3.63, 3.8) is 0 Å². The summed E-state index contributed by atoms with van der Waals surface area (Å²) in [4.78, 5) is 4.14. The average molecular weight is 215 g/mol. The second kappa shape index (κ2) is 3.83. The van der Waals surface area contributed by atoms with Crippen LogP contribution in [0.25, 0.3) is 0 Å². The Bertz CT molecular complexity index is 248. The lowest BCUT2D eigenvalue weighted by Gasteiger charge is -2.03. The SMILES string of the molecule is CNCc1cnc(Br)cc1C. The lowest BCUT2D eigenvalue weighted by atomic mass is 10.2. The van der Waals surface area contributed by atoms with Gasteiger partial charge in [0, 0.05) is 12.7 Å². The molecule has 0 atom stereocenters. The number of pyridine rings is 1. The van der Waals surface area contributed by atoms with Gasteiger partial charge >= 0.3 is 0 Å². The van der Waals surface area contributed by atoms with E-state index in [1.807, 2.05) is 19.3 Å². The van der Waals surface area contributed by atoms with Crippen molar-refractivity contribution >= 4 is 15.9 Å². The van der Waals surface area contributed by atoms with Gasteiger partial charge in [0.1, 0.15) is 4.60 Å². The van der Waals surface area contributed by atoms with Crippen LogP contribution in [0, 0.1) is 6.92 Å². The van der Waals surface area contributed by atoms with Gasteiger partial charge in [0.05, 0.1) is 0 Å². The number of hydrogen-bond donors (Lipinski definition) is 1. The maximum Gasteiger partial charge on any atom is 0.106 e. The Kier molecular flexibility index (Phi) is 3.02. The Morgan fingerprint density at radius 3 is 2.91 bits per heavy atom. The Hall–Kier alpha value is -0.410. The highest BCUT2D eigenvalue weighted by Gasteiger charge is 1.97. The van der Waals surface area contributed by atoms with E-state index in [1.54, 1.807) is 0 Å². The fourth-order valence-corrected chi connectivity index (χ4v) is 1.37. The fraction of sp³-hybridized carbons (Fsp3) is 0.375. The van der Waals surface area contributed by atoms with E-state index in [9.17, 15) is 0 Å². The smallest absolute Gasteiger partial charge is 0.106 e. The zero-order valence-corrected chi connectivity index (χ0v) is 8.27. The second-order valence-corrected chi connectivity index (χ2v) is 3.28. The van der Waals surface area contributed by atoms with Gasteiger partial charge in [-0.1, -0.05) is 0 Å². The van der Waals surface area contributed by atoms with Crippen LogP contribution in [0.3, 0.4) is 0 Å². The van der Waals surface area contributed by atoms with Crippen LogP contribution in [0.15, 0.2) is 16.9 Å². The average Bonchev–Trinajstić information content (AvgIpc) is 1.95. The number of nitrogens with zero attached hydrogens (tertiary/aromatic N) is 1. The molecule has 0 saturated heterocycles. The summed E-state index contributed by atoms with van der Waals surface area (Å²) in [6, 6.07) is 2.02. The Labute approximate surface area is 75.2 Å². The van der Waals surface area contributed by atoms with Crippen LogP contribution in [0.2, 0.25) is 0 Å². The van der Waals surface area contributed by atoms with Crippen LogP contribution in [0.5, 0.6) is 0 Å². The summed E-state index contributed by atoms with van der Waals surface area (Å²) >= 11 is 3.32. The first-order chi connectivity index (χ1) is 5.24. The van der Waals surface area contributed by atoms with Gasteiger partial charge in [0.2, 0.25) is 0 Å². The Morgan fingerprint density at radius 2 is 2.36 bits per heavy atom. The molecule has 1 rings (SSSR count). The first-order valence-corrected chi connectivity index (χ1v) is 4.29. The minimum atomic E-state index is 0.881. The maximum absolute atomic E-state index is 4.14. The Morgan fingerprint density at radius 1 is 1.64 bits per heavy atom. The molecule has 0 aromatic carbocycles. The van der Waals surface area contributed by atoms with Gasteiger partial charge in [0.15, 0.2) is 0 Å². The highest BCUT2D eigenvalue weighted by molar-refractivity contribution is 9.10. The molecule has 0 saturated carbocycles. The van der Waals surface area contributed by atoms with Crippen molar-refractivity contribution in [2.45, 2.75) is 13.5 Å². The highest BCUT2D eigenvalue weighted by Crippen LogP contribution is 2.11. The zero-order valence-electron chi connectivity index (χ0n) is 6.69. The molecule has 11 heavy (non-hydrogen) atoms. The molecule has 1 N–H and O–H groups in total. The van der Waals surface area contributed by atoms with E-state index in [2.05, 4.69) is 33.2 Å². The van der Waals surface area contributed by atoms with Crippen LogP contribution in [0.4, 0.5) is 0 Å². The van der Waals surface area contributed by atoms with Crippen molar-refractivity contribution in [1.82, 2.24) is 10.3 Å². The second-order valence-electron chi connectivity index (χ2n) is 2.46. The summed E-state index contributed by atoms with van der Waals surface area (Å²) in [5.74, 6) is 0. The van der Waals surface area contributed by atoms with Gasteiger partial charge in [-0.2, -0.15) is 0 Å². The van der Waals surface area contributed by atoms with Crippen molar-refractivity contribution in [1.29, 1.82) is 0 Å². The van der Waals surface area contributed by atoms with Gasteiger partial charge in [-0.05, 0) is 47.1 Å². The third-order valence-corrected chi connectivity index (χ3v) is 1.99. The summed E-state index contributed by atoms with van der Waals surface area (Å²) < 4.78 is 0.898. The number of aromatic nitrogens is 1. The van der Waals surface area contributed by atoms with E-state index < -0.39 is 0 Å².